The van der Waals surface area contributed by atoms with Gasteiger partial charge in [0, 0.05) is 23.7 Å². The molecule has 0 saturated carbocycles. The van der Waals surface area contributed by atoms with Crippen LogP contribution in [0.15, 0.2) is 44.6 Å². The molecule has 2 aromatic heterocycles. The van der Waals surface area contributed by atoms with Gasteiger partial charge in [0.25, 0.3) is 5.56 Å². The molecule has 1 fully saturated rings. The van der Waals surface area contributed by atoms with E-state index in [1.807, 2.05) is 0 Å². The highest BCUT2D eigenvalue weighted by atomic mass is 16.6. The SMILES string of the molecule is COc1ccc2c(Cn3c(=O)ccn([C@@H]4O[C@H](CO)C(O)[C@@H]4O)c3=O)noc2c1. The van der Waals surface area contributed by atoms with Gasteiger partial charge in [0.1, 0.15) is 29.8 Å². The number of nitrogens with zero attached hydrogens (tertiary/aromatic N) is 3. The van der Waals surface area contributed by atoms with E-state index in [1.54, 1.807) is 18.2 Å². The van der Waals surface area contributed by atoms with Crippen molar-refractivity contribution in [2.24, 2.45) is 0 Å². The maximum absolute atomic E-state index is 12.9. The number of hydrogen-bond acceptors (Lipinski definition) is 9. The van der Waals surface area contributed by atoms with Crippen molar-refractivity contribution < 1.29 is 29.3 Å². The molecule has 3 aromatic rings. The van der Waals surface area contributed by atoms with Crippen LogP contribution in [0.25, 0.3) is 11.0 Å². The molecular weight excluding hydrogens is 386 g/mol. The first-order valence-electron chi connectivity index (χ1n) is 8.81. The lowest BCUT2D eigenvalue weighted by Crippen LogP contribution is -2.43. The van der Waals surface area contributed by atoms with Crippen molar-refractivity contribution in [1.29, 1.82) is 0 Å². The highest BCUT2D eigenvalue weighted by molar-refractivity contribution is 5.80. The number of hydrogen-bond donors (Lipinski definition) is 3. The first kappa shape index (κ1) is 19.3. The van der Waals surface area contributed by atoms with Gasteiger partial charge in [-0.05, 0) is 12.1 Å². The summed E-state index contributed by atoms with van der Waals surface area (Å²) in [6.07, 6.45) is -3.94. The van der Waals surface area contributed by atoms with Crippen molar-refractivity contribution in [1.82, 2.24) is 14.3 Å². The molecule has 11 heteroatoms. The van der Waals surface area contributed by atoms with Crippen molar-refractivity contribution in [3.8, 4) is 5.75 Å². The summed E-state index contributed by atoms with van der Waals surface area (Å²) in [7, 11) is 1.52. The quantitative estimate of drug-likeness (QED) is 0.477. The van der Waals surface area contributed by atoms with Gasteiger partial charge in [-0.3, -0.25) is 13.9 Å². The van der Waals surface area contributed by atoms with Gasteiger partial charge in [-0.25, -0.2) is 4.79 Å². The van der Waals surface area contributed by atoms with Gasteiger partial charge in [0.2, 0.25) is 0 Å². The number of methoxy groups -OCH3 is 1. The van der Waals surface area contributed by atoms with E-state index in [9.17, 15) is 24.9 Å². The largest absolute Gasteiger partial charge is 0.497 e. The molecule has 0 bridgehead atoms. The van der Waals surface area contributed by atoms with Crippen LogP contribution in [-0.4, -0.2) is 61.6 Å². The van der Waals surface area contributed by atoms with Crippen LogP contribution in [0.2, 0.25) is 0 Å². The minimum absolute atomic E-state index is 0.174. The number of aromatic nitrogens is 3. The maximum atomic E-state index is 12.9. The number of rotatable bonds is 5. The second kappa shape index (κ2) is 7.44. The zero-order chi connectivity index (χ0) is 20.7. The average Bonchev–Trinajstić information content (AvgIpc) is 3.26. The molecule has 0 amide bonds. The summed E-state index contributed by atoms with van der Waals surface area (Å²) in [6, 6.07) is 6.19. The number of ether oxygens (including phenoxy) is 2. The molecule has 0 spiro atoms. The van der Waals surface area contributed by atoms with Crippen molar-refractivity contribution >= 4 is 11.0 Å². The third-order valence-electron chi connectivity index (χ3n) is 4.95. The number of fused-ring (bicyclic) bond motifs is 1. The zero-order valence-corrected chi connectivity index (χ0v) is 15.3. The molecule has 0 radical (unpaired) electrons. The molecule has 1 unspecified atom stereocenters. The van der Waals surface area contributed by atoms with E-state index < -0.39 is 42.4 Å². The molecule has 1 aliphatic heterocycles. The van der Waals surface area contributed by atoms with E-state index in [2.05, 4.69) is 5.16 Å². The van der Waals surface area contributed by atoms with E-state index in [-0.39, 0.29) is 6.54 Å². The molecule has 1 aromatic carbocycles. The van der Waals surface area contributed by atoms with Gasteiger partial charge in [0.05, 0.1) is 20.3 Å². The fourth-order valence-corrected chi connectivity index (χ4v) is 3.34. The van der Waals surface area contributed by atoms with Crippen LogP contribution in [0, 0.1) is 0 Å². The van der Waals surface area contributed by atoms with Gasteiger partial charge in [0.15, 0.2) is 11.8 Å². The Morgan fingerprint density at radius 1 is 1.21 bits per heavy atom. The molecule has 0 aliphatic carbocycles. The number of aliphatic hydroxyl groups excluding tert-OH is 3. The molecule has 11 nitrogen and oxygen atoms in total. The van der Waals surface area contributed by atoms with Gasteiger partial charge in [-0.15, -0.1) is 0 Å². The zero-order valence-electron chi connectivity index (χ0n) is 15.3. The summed E-state index contributed by atoms with van der Waals surface area (Å²) in [5, 5.41) is 33.9. The monoisotopic (exact) mass is 405 g/mol. The minimum atomic E-state index is -1.45. The summed E-state index contributed by atoms with van der Waals surface area (Å²) in [4.78, 5) is 25.2. The van der Waals surface area contributed by atoms with E-state index in [0.717, 1.165) is 15.2 Å². The van der Waals surface area contributed by atoms with Crippen molar-refractivity contribution in [2.45, 2.75) is 31.1 Å². The fourth-order valence-electron chi connectivity index (χ4n) is 3.34. The third-order valence-corrected chi connectivity index (χ3v) is 4.95. The lowest BCUT2D eigenvalue weighted by Gasteiger charge is -2.18. The van der Waals surface area contributed by atoms with E-state index in [0.29, 0.717) is 22.4 Å². The molecule has 1 saturated heterocycles. The molecule has 29 heavy (non-hydrogen) atoms. The third kappa shape index (κ3) is 3.23. The minimum Gasteiger partial charge on any atom is -0.497 e. The number of aliphatic hydroxyl groups is 3. The molecule has 3 heterocycles. The van der Waals surface area contributed by atoms with E-state index in [4.69, 9.17) is 14.0 Å². The molecule has 4 rings (SSSR count). The van der Waals surface area contributed by atoms with Gasteiger partial charge < -0.3 is 29.3 Å². The predicted octanol–water partition coefficient (Wildman–Crippen LogP) is -1.18. The highest BCUT2D eigenvalue weighted by Crippen LogP contribution is 2.28. The normalized spacial score (nSPS) is 24.3. The fraction of sp³-hybridized carbons (Fsp3) is 0.389. The smallest absolute Gasteiger partial charge is 0.333 e. The standard InChI is InChI=1S/C18H19N3O8/c1-27-9-2-3-10-11(19-29-12(10)6-9)7-21-14(23)4-5-20(18(21)26)17-16(25)15(24)13(8-22)28-17/h2-6,13,15-17,22,24-25H,7-8H2,1H3/t13-,15?,16+,17-/m1/s1. The van der Waals surface area contributed by atoms with Gasteiger partial charge in [-0.1, -0.05) is 5.16 Å². The number of benzene rings is 1. The Morgan fingerprint density at radius 3 is 2.69 bits per heavy atom. The van der Waals surface area contributed by atoms with Gasteiger partial charge >= 0.3 is 5.69 Å². The van der Waals surface area contributed by atoms with Crippen molar-refractivity contribution in [2.75, 3.05) is 13.7 Å². The van der Waals surface area contributed by atoms with Crippen LogP contribution in [0.1, 0.15) is 11.9 Å². The Labute approximate surface area is 162 Å². The summed E-state index contributed by atoms with van der Waals surface area (Å²) < 4.78 is 17.7. The lowest BCUT2D eigenvalue weighted by molar-refractivity contribution is -0.0555. The second-order valence-corrected chi connectivity index (χ2v) is 6.65. The average molecular weight is 405 g/mol. The Kier molecular flexibility index (Phi) is 4.96. The highest BCUT2D eigenvalue weighted by Gasteiger charge is 2.43. The second-order valence-electron chi connectivity index (χ2n) is 6.65. The van der Waals surface area contributed by atoms with Gasteiger partial charge in [-0.2, -0.15) is 0 Å². The van der Waals surface area contributed by atoms with Crippen LogP contribution in [0.3, 0.4) is 0 Å². The van der Waals surface area contributed by atoms with E-state index >= 15 is 0 Å². The Morgan fingerprint density at radius 2 is 2.00 bits per heavy atom. The molecule has 4 atom stereocenters. The molecule has 3 N–H and O–H groups in total. The summed E-state index contributed by atoms with van der Waals surface area (Å²) in [5.41, 5.74) is -0.549. The topological polar surface area (TPSA) is 149 Å². The van der Waals surface area contributed by atoms with Crippen LogP contribution in [-0.2, 0) is 11.3 Å². The first-order chi connectivity index (χ1) is 13.9. The van der Waals surface area contributed by atoms with Crippen LogP contribution < -0.4 is 16.0 Å². The van der Waals surface area contributed by atoms with Crippen LogP contribution >= 0.6 is 0 Å². The molecule has 1 aliphatic rings. The molecule has 154 valence electrons. The Hall–Kier alpha value is -2.99. The Bertz CT molecular complexity index is 1150. The lowest BCUT2D eigenvalue weighted by atomic mass is 10.1. The predicted molar refractivity (Wildman–Crippen MR) is 97.6 cm³/mol. The molecular formula is C18H19N3O8. The Balaban J connectivity index is 1.72. The first-order valence-corrected chi connectivity index (χ1v) is 8.81. The summed E-state index contributed by atoms with van der Waals surface area (Å²) in [6.45, 7) is -0.704. The van der Waals surface area contributed by atoms with Crippen molar-refractivity contribution in [3.63, 3.8) is 0 Å². The maximum Gasteiger partial charge on any atom is 0.333 e. The van der Waals surface area contributed by atoms with Crippen LogP contribution in [0.4, 0.5) is 0 Å². The van der Waals surface area contributed by atoms with Crippen LogP contribution in [0.5, 0.6) is 5.75 Å². The van der Waals surface area contributed by atoms with E-state index in [1.165, 1.54) is 13.3 Å². The summed E-state index contributed by atoms with van der Waals surface area (Å²) >= 11 is 0. The van der Waals surface area contributed by atoms with Crippen molar-refractivity contribution in [3.05, 3.63) is 57.0 Å². The summed E-state index contributed by atoms with van der Waals surface area (Å²) in [5.74, 6) is 0.573.